The number of carbonyl (C=O) groups excluding carboxylic acids is 16. The summed E-state index contributed by atoms with van der Waals surface area (Å²) in [4.78, 5) is 243. The normalized spacial score (nSPS) is 22.9. The molecule has 0 bridgehead atoms. The molecule has 0 radical (unpaired) electrons. The second-order valence-corrected chi connectivity index (χ2v) is 33.6. The zero-order chi connectivity index (χ0) is 96.4. The van der Waals surface area contributed by atoms with Gasteiger partial charge in [0.2, 0.25) is 94.5 Å². The minimum Gasteiger partial charge on any atom is -0.508 e. The molecule has 1 aliphatic rings. The summed E-state index contributed by atoms with van der Waals surface area (Å²) in [6.45, 7) is 6.10. The standard InChI is InChI=1S/C91H113F3N18O18S/c1-49(2)78-91(130)111(9)72(41-53-20-13-11-14-21-53)86(125)105-70(39-56-29-33-60(114)34-30-56)88(127)109(7)51(4)80(119)102-67(43-58-45-98-64-25-18-17-24-61(58)64)84(123)104-66(38-55-27-31-59(113)32-28-55)83(122)101-65(26-19-35-95)82(121)106-71(81(120)99-46-75(97)116)47-131-48-76(117)100-69(40-57-36-62(92)77(94)63(93)37-57)89(128)112(10)73(42-54-22-15-12-16-23-54)90(129)110(8)52(5)87(126)108(6)50(3)79(118)103-68(44-74(96)115)85(124)107-78/h11-18,20-25,27-34,36-37,45,49-52,65-73,78,98,113-114H,19,26,35,38-44,46-48,95H2,1-10H3,(H2,96,115)(H2,97,116)(H,99,120)(H,100,117)(H,101,122)(H,102,119)(H,103,118)(H,104,123)(H,105,125)(H,106,121)(H,107,124)/t50-,51+,52+,65+,66+,67+,68+,69+,70+,71+,72+,73-,78+/m1/s1. The first-order valence-corrected chi connectivity index (χ1v) is 43.4. The lowest BCUT2D eigenvalue weighted by Crippen LogP contribution is -2.62. The lowest BCUT2D eigenvalue weighted by molar-refractivity contribution is -0.151. The number of likely N-dealkylation sites (N-methyl/N-ethyl adjacent to an activating group) is 5. The van der Waals surface area contributed by atoms with E-state index in [2.05, 4.69) is 52.8 Å². The van der Waals surface area contributed by atoms with Crippen LogP contribution < -0.4 is 65.1 Å². The van der Waals surface area contributed by atoms with Gasteiger partial charge in [0.05, 0.1) is 18.7 Å². The topological polar surface area (TPSA) is 532 Å². The SMILES string of the molecule is CC(C)[C@@H]1NC(=O)[C@H](CC(N)=O)NC(=O)[C@@H](C)N(C)C(=O)[C@H](C)N(C)C(=O)[C@@H](Cc2ccccc2)N(C)C(=O)[C@H](Cc2cc(F)c(F)c(F)c2)NC(=O)CSC[C@@H](C(=O)NCC(N)=O)NC(=O)[C@H](CCCN)NC(=O)[C@H](Cc2ccc(O)cc2)NC(=O)[C@H](Cc2c[nH]c3ccccc23)NC(=O)[C@H](C)N(C)C(=O)[C@H](Cc2ccc(O)cc2)NC(=O)[C@H](Cc2ccccc2)N(C)C1=O. The maximum Gasteiger partial charge on any atom is 0.246 e. The number of aromatic hydroxyl groups is 2. The summed E-state index contributed by atoms with van der Waals surface area (Å²) >= 11 is 0.649. The molecule has 2 heterocycles. The number of hydrogen-bond acceptors (Lipinski definition) is 20. The number of nitrogens with two attached hydrogens (primary N) is 3. The Hall–Kier alpha value is -13.9. The number of hydrogen-bond donors (Lipinski definition) is 15. The summed E-state index contributed by atoms with van der Waals surface area (Å²) in [6, 6.07) is 14.4. The molecule has 40 heteroatoms. The quantitative estimate of drug-likeness (QED) is 0.0434. The van der Waals surface area contributed by atoms with Crippen molar-refractivity contribution < 1.29 is 100 Å². The molecule has 7 aromatic rings. The fourth-order valence-electron chi connectivity index (χ4n) is 14.6. The second kappa shape index (κ2) is 47.9. The highest BCUT2D eigenvalue weighted by molar-refractivity contribution is 8.00. The van der Waals surface area contributed by atoms with Crippen molar-refractivity contribution in [2.24, 2.45) is 23.1 Å². The Labute approximate surface area is 759 Å². The van der Waals surface area contributed by atoms with E-state index in [1.807, 2.05) is 0 Å². The molecule has 0 spiro atoms. The summed E-state index contributed by atoms with van der Waals surface area (Å²) in [5.41, 5.74) is 19.5. The van der Waals surface area contributed by atoms with Gasteiger partial charge in [-0.05, 0) is 122 Å². The van der Waals surface area contributed by atoms with Gasteiger partial charge in [-0.1, -0.05) is 117 Å². The van der Waals surface area contributed by atoms with Crippen LogP contribution in [0.5, 0.6) is 11.5 Å². The number of halogens is 3. The number of thioether (sulfide) groups is 1. The number of nitrogens with zero attached hydrogens (tertiary/aromatic N) is 5. The van der Waals surface area contributed by atoms with E-state index in [1.165, 1.54) is 97.5 Å². The van der Waals surface area contributed by atoms with Crippen LogP contribution in [0.1, 0.15) is 87.3 Å². The Morgan fingerprint density at radius 2 is 0.901 bits per heavy atom. The number of phenolic OH excluding ortho intramolecular Hbond substituents is 2. The van der Waals surface area contributed by atoms with Crippen LogP contribution in [0.25, 0.3) is 10.9 Å². The molecular weight excluding hydrogens is 1720 g/mol. The van der Waals surface area contributed by atoms with E-state index in [0.29, 0.717) is 62.6 Å². The molecule has 13 atom stereocenters. The Balaban J connectivity index is 1.22. The van der Waals surface area contributed by atoms with Crippen LogP contribution in [0.3, 0.4) is 0 Å². The minimum absolute atomic E-state index is 0.0245. The molecule has 0 saturated carbocycles. The number of nitrogens with one attached hydrogen (secondary N) is 10. The molecule has 36 nitrogen and oxygen atoms in total. The molecule has 8 rings (SSSR count). The number of rotatable bonds is 21. The summed E-state index contributed by atoms with van der Waals surface area (Å²) in [7, 11) is 6.06. The molecule has 16 amide bonds. The number of phenols is 2. The van der Waals surface area contributed by atoms with Crippen molar-refractivity contribution >= 4 is 117 Å². The highest BCUT2D eigenvalue weighted by Gasteiger charge is 2.43. The predicted molar refractivity (Wildman–Crippen MR) is 478 cm³/mol. The molecule has 1 aromatic heterocycles. The molecular formula is C91H113F3N18O18S. The highest BCUT2D eigenvalue weighted by Crippen LogP contribution is 2.25. The number of aromatic amines is 1. The predicted octanol–water partition coefficient (Wildman–Crippen LogP) is 0.444. The van der Waals surface area contributed by atoms with Gasteiger partial charge < -0.3 is 105 Å². The second-order valence-electron chi connectivity index (χ2n) is 32.6. The first kappa shape index (κ1) is 102. The van der Waals surface area contributed by atoms with Crippen molar-refractivity contribution in [3.63, 3.8) is 0 Å². The van der Waals surface area contributed by atoms with Crippen LogP contribution in [-0.2, 0) is 115 Å². The van der Waals surface area contributed by atoms with Gasteiger partial charge in [-0.15, -0.1) is 11.8 Å². The molecule has 1 fully saturated rings. The zero-order valence-electron chi connectivity index (χ0n) is 74.1. The maximum atomic E-state index is 15.5. The van der Waals surface area contributed by atoms with Crippen molar-refractivity contribution in [3.05, 3.63) is 203 Å². The fraction of sp³-hybridized carbons (Fsp3) is 0.407. The van der Waals surface area contributed by atoms with Crippen LogP contribution in [0.4, 0.5) is 13.2 Å². The average Bonchev–Trinajstić information content (AvgIpc) is 1.79. The number of para-hydroxylation sites is 1. The number of aromatic nitrogens is 1. The molecule has 131 heavy (non-hydrogen) atoms. The average molecular weight is 1840 g/mol. The largest absolute Gasteiger partial charge is 0.508 e. The van der Waals surface area contributed by atoms with Gasteiger partial charge >= 0.3 is 0 Å². The third kappa shape index (κ3) is 28.8. The molecule has 1 aliphatic heterocycles. The fourth-order valence-corrected chi connectivity index (χ4v) is 15.4. The van der Waals surface area contributed by atoms with E-state index in [0.717, 1.165) is 31.5 Å². The smallest absolute Gasteiger partial charge is 0.246 e. The van der Waals surface area contributed by atoms with E-state index < -0.39 is 227 Å². The van der Waals surface area contributed by atoms with E-state index in [4.69, 9.17) is 17.2 Å². The zero-order valence-corrected chi connectivity index (χ0v) is 75.0. The monoisotopic (exact) mass is 1830 g/mol. The molecule has 18 N–H and O–H groups in total. The van der Waals surface area contributed by atoms with Crippen molar-refractivity contribution in [1.82, 2.24) is 77.3 Å². The third-order valence-electron chi connectivity index (χ3n) is 22.7. The van der Waals surface area contributed by atoms with Crippen molar-refractivity contribution in [3.8, 4) is 11.5 Å². The number of primary amides is 2. The Bertz CT molecular complexity index is 5250. The first-order chi connectivity index (χ1) is 62.0. The third-order valence-corrected chi connectivity index (χ3v) is 23.7. The van der Waals surface area contributed by atoms with Gasteiger partial charge in [0.15, 0.2) is 17.5 Å². The van der Waals surface area contributed by atoms with E-state index >= 15 is 47.1 Å². The van der Waals surface area contributed by atoms with Crippen LogP contribution in [0.15, 0.2) is 152 Å². The van der Waals surface area contributed by atoms with Crippen molar-refractivity contribution in [2.75, 3.05) is 59.8 Å². The van der Waals surface area contributed by atoms with Crippen LogP contribution in [-0.4, -0.2) is 273 Å². The first-order valence-electron chi connectivity index (χ1n) is 42.3. The summed E-state index contributed by atoms with van der Waals surface area (Å²) in [5.74, 6) is -23.9. The number of H-pyrrole nitrogens is 1. The molecule has 6 aromatic carbocycles. The highest BCUT2D eigenvalue weighted by atomic mass is 32.2. The number of amides is 16. The Kier molecular flexibility index (Phi) is 37.5. The van der Waals surface area contributed by atoms with E-state index in [1.54, 1.807) is 105 Å². The van der Waals surface area contributed by atoms with Crippen LogP contribution >= 0.6 is 11.8 Å². The van der Waals surface area contributed by atoms with Crippen LogP contribution in [0.2, 0.25) is 0 Å². The summed E-state index contributed by atoms with van der Waals surface area (Å²) in [5, 5.41) is 44.7. The summed E-state index contributed by atoms with van der Waals surface area (Å²) in [6.07, 6.45) is -1.82. The minimum atomic E-state index is -1.88. The number of benzene rings is 6. The lowest BCUT2D eigenvalue weighted by atomic mass is 9.98. The van der Waals surface area contributed by atoms with E-state index in [9.17, 15) is 53.0 Å². The molecule has 0 unspecified atom stereocenters. The molecule has 702 valence electrons. The Morgan fingerprint density at radius 3 is 1.45 bits per heavy atom. The lowest BCUT2D eigenvalue weighted by Gasteiger charge is -2.36. The van der Waals surface area contributed by atoms with Gasteiger partial charge in [0.1, 0.15) is 90.0 Å². The van der Waals surface area contributed by atoms with Crippen molar-refractivity contribution in [2.45, 2.75) is 171 Å². The number of carbonyl (C=O) groups is 16. The van der Waals surface area contributed by atoms with Gasteiger partial charge in [-0.2, -0.15) is 0 Å². The van der Waals surface area contributed by atoms with Crippen molar-refractivity contribution in [1.29, 1.82) is 0 Å². The Morgan fingerprint density at radius 1 is 0.458 bits per heavy atom. The molecule has 0 aliphatic carbocycles. The van der Waals surface area contributed by atoms with Gasteiger partial charge in [-0.3, -0.25) is 76.7 Å². The number of fused-ring (bicyclic) bond motifs is 1. The van der Waals surface area contributed by atoms with Gasteiger partial charge in [-0.25, -0.2) is 13.2 Å². The van der Waals surface area contributed by atoms with E-state index in [-0.39, 0.29) is 68.6 Å². The van der Waals surface area contributed by atoms with Gasteiger partial charge in [0.25, 0.3) is 0 Å². The van der Waals surface area contributed by atoms with Crippen LogP contribution in [0, 0.1) is 23.4 Å². The van der Waals surface area contributed by atoms with Gasteiger partial charge in [0, 0.05) is 96.6 Å². The molecule has 1 saturated heterocycles. The maximum absolute atomic E-state index is 15.5. The summed E-state index contributed by atoms with van der Waals surface area (Å²) < 4.78 is 44.8.